The van der Waals surface area contributed by atoms with E-state index in [1.807, 2.05) is 43.3 Å². The van der Waals surface area contributed by atoms with Gasteiger partial charge in [0.1, 0.15) is 6.04 Å². The predicted octanol–water partition coefficient (Wildman–Crippen LogP) is 3.90. The van der Waals surface area contributed by atoms with Crippen LogP contribution in [-0.4, -0.2) is 23.2 Å². The van der Waals surface area contributed by atoms with Crippen LogP contribution in [0.15, 0.2) is 48.5 Å². The Morgan fingerprint density at radius 2 is 1.71 bits per heavy atom. The van der Waals surface area contributed by atoms with Crippen LogP contribution in [0.1, 0.15) is 19.8 Å². The number of carboxylic acids is 1. The van der Waals surface area contributed by atoms with Crippen LogP contribution in [-0.2, 0) is 4.79 Å². The number of carboxylic acid groups (broad SMARTS) is 1. The smallest absolute Gasteiger partial charge is 0.322 e. The zero-order valence-corrected chi connectivity index (χ0v) is 13.6. The summed E-state index contributed by atoms with van der Waals surface area (Å²) in [4.78, 5) is 14.5. The molecule has 0 bridgehead atoms. The van der Waals surface area contributed by atoms with Crippen molar-refractivity contribution in [2.24, 2.45) is 5.73 Å². The topological polar surface area (TPSA) is 79.7 Å². The Morgan fingerprint density at radius 3 is 2.17 bits per heavy atom. The highest BCUT2D eigenvalue weighted by molar-refractivity contribution is 5.75. The zero-order chi connectivity index (χ0) is 17.5. The molecule has 5 nitrogen and oxygen atoms in total. The monoisotopic (exact) mass is 323 g/mol. The van der Waals surface area contributed by atoms with E-state index in [-0.39, 0.29) is 6.04 Å². The van der Waals surface area contributed by atoms with E-state index < -0.39 is 12.0 Å². The van der Waals surface area contributed by atoms with Crippen molar-refractivity contribution in [3.05, 3.63) is 59.9 Å². The number of aliphatic carboxylic acids is 1. The molecule has 0 saturated carbocycles. The average Bonchev–Trinajstić information content (AvgIpc) is 2.61. The molecule has 124 valence electrons. The van der Waals surface area contributed by atoms with Crippen molar-refractivity contribution in [2.45, 2.75) is 31.8 Å². The SMILES string of the molecule is [C-]#[N+]c1ccc(-c2ccc(NC(CCC)C(N)C(=O)O)cc2)cc1. The first kappa shape index (κ1) is 17.5. The molecule has 0 aromatic heterocycles. The summed E-state index contributed by atoms with van der Waals surface area (Å²) >= 11 is 0. The van der Waals surface area contributed by atoms with Crippen molar-refractivity contribution in [3.63, 3.8) is 0 Å². The van der Waals surface area contributed by atoms with E-state index in [9.17, 15) is 4.79 Å². The molecule has 2 unspecified atom stereocenters. The molecule has 2 aromatic rings. The highest BCUT2D eigenvalue weighted by Crippen LogP contribution is 2.24. The van der Waals surface area contributed by atoms with Gasteiger partial charge in [-0.1, -0.05) is 49.7 Å². The van der Waals surface area contributed by atoms with Crippen molar-refractivity contribution in [1.82, 2.24) is 0 Å². The molecule has 0 spiro atoms. The third-order valence-electron chi connectivity index (χ3n) is 3.89. The van der Waals surface area contributed by atoms with Crippen LogP contribution in [0.4, 0.5) is 11.4 Å². The van der Waals surface area contributed by atoms with Gasteiger partial charge in [0, 0.05) is 5.69 Å². The van der Waals surface area contributed by atoms with E-state index in [0.29, 0.717) is 12.1 Å². The molecule has 2 aromatic carbocycles. The molecular weight excluding hydrogens is 302 g/mol. The van der Waals surface area contributed by atoms with E-state index in [4.69, 9.17) is 17.4 Å². The van der Waals surface area contributed by atoms with Crippen molar-refractivity contribution in [3.8, 4) is 11.1 Å². The number of nitrogens with one attached hydrogen (secondary N) is 1. The molecule has 24 heavy (non-hydrogen) atoms. The van der Waals surface area contributed by atoms with Crippen LogP contribution in [0.3, 0.4) is 0 Å². The van der Waals surface area contributed by atoms with Gasteiger partial charge in [-0.3, -0.25) is 4.79 Å². The summed E-state index contributed by atoms with van der Waals surface area (Å²) in [6.45, 7) is 8.97. The molecule has 4 N–H and O–H groups in total. The van der Waals surface area contributed by atoms with Crippen LogP contribution >= 0.6 is 0 Å². The molecule has 0 aliphatic heterocycles. The second-order valence-corrected chi connectivity index (χ2v) is 5.64. The van der Waals surface area contributed by atoms with Crippen molar-refractivity contribution >= 4 is 17.3 Å². The van der Waals surface area contributed by atoms with E-state index in [2.05, 4.69) is 10.2 Å². The Morgan fingerprint density at radius 1 is 1.17 bits per heavy atom. The van der Waals surface area contributed by atoms with Crippen molar-refractivity contribution in [1.29, 1.82) is 0 Å². The molecule has 0 fully saturated rings. The number of anilines is 1. The first-order valence-electron chi connectivity index (χ1n) is 7.88. The maximum absolute atomic E-state index is 11.1. The van der Waals surface area contributed by atoms with Crippen LogP contribution in [0, 0.1) is 6.57 Å². The van der Waals surface area contributed by atoms with Gasteiger partial charge in [0.25, 0.3) is 0 Å². The van der Waals surface area contributed by atoms with E-state index in [1.54, 1.807) is 12.1 Å². The van der Waals surface area contributed by atoms with Crippen LogP contribution in [0.25, 0.3) is 16.0 Å². The summed E-state index contributed by atoms with van der Waals surface area (Å²) in [7, 11) is 0. The fourth-order valence-corrected chi connectivity index (χ4v) is 2.53. The fourth-order valence-electron chi connectivity index (χ4n) is 2.53. The number of nitrogens with two attached hydrogens (primary N) is 1. The number of hydrogen-bond donors (Lipinski definition) is 3. The summed E-state index contributed by atoms with van der Waals surface area (Å²) in [6, 6.07) is 13.9. The molecule has 2 atom stereocenters. The first-order valence-corrected chi connectivity index (χ1v) is 7.88. The second-order valence-electron chi connectivity index (χ2n) is 5.64. The normalized spacial score (nSPS) is 12.9. The Hall–Kier alpha value is -2.84. The first-order chi connectivity index (χ1) is 11.5. The summed E-state index contributed by atoms with van der Waals surface area (Å²) in [5.41, 5.74) is 9.27. The van der Waals surface area contributed by atoms with Gasteiger partial charge in [0.2, 0.25) is 0 Å². The third-order valence-corrected chi connectivity index (χ3v) is 3.89. The minimum Gasteiger partial charge on any atom is -0.480 e. The van der Waals surface area contributed by atoms with Gasteiger partial charge in [-0.2, -0.15) is 0 Å². The Labute approximate surface area is 141 Å². The van der Waals surface area contributed by atoms with E-state index >= 15 is 0 Å². The lowest BCUT2D eigenvalue weighted by Crippen LogP contribution is -2.46. The molecular formula is C19H21N3O2. The molecule has 2 rings (SSSR count). The summed E-state index contributed by atoms with van der Waals surface area (Å²) < 4.78 is 0. The fraction of sp³-hybridized carbons (Fsp3) is 0.263. The number of benzene rings is 2. The van der Waals surface area contributed by atoms with Crippen molar-refractivity contribution in [2.75, 3.05) is 5.32 Å². The lowest BCUT2D eigenvalue weighted by molar-refractivity contribution is -0.138. The number of hydrogen-bond acceptors (Lipinski definition) is 3. The zero-order valence-electron chi connectivity index (χ0n) is 13.6. The number of nitrogens with zero attached hydrogens (tertiary/aromatic N) is 1. The maximum Gasteiger partial charge on any atom is 0.322 e. The second kappa shape index (κ2) is 8.14. The Bertz CT molecular complexity index is 718. The molecule has 5 heteroatoms. The van der Waals surface area contributed by atoms with Gasteiger partial charge < -0.3 is 16.2 Å². The quantitative estimate of drug-likeness (QED) is 0.675. The predicted molar refractivity (Wildman–Crippen MR) is 96.1 cm³/mol. The highest BCUT2D eigenvalue weighted by atomic mass is 16.4. The average molecular weight is 323 g/mol. The molecule has 0 saturated heterocycles. The molecule has 0 radical (unpaired) electrons. The lowest BCUT2D eigenvalue weighted by Gasteiger charge is -2.23. The van der Waals surface area contributed by atoms with Gasteiger partial charge >= 0.3 is 5.97 Å². The molecule has 0 aliphatic rings. The van der Waals surface area contributed by atoms with Crippen LogP contribution in [0.5, 0.6) is 0 Å². The molecule has 0 amide bonds. The Balaban J connectivity index is 2.12. The van der Waals surface area contributed by atoms with Gasteiger partial charge in [-0.05, 0) is 29.7 Å². The van der Waals surface area contributed by atoms with Gasteiger partial charge in [-0.15, -0.1) is 0 Å². The van der Waals surface area contributed by atoms with E-state index in [0.717, 1.165) is 23.2 Å². The van der Waals surface area contributed by atoms with Crippen LogP contribution in [0.2, 0.25) is 0 Å². The Kier molecular flexibility index (Phi) is 5.94. The molecule has 0 aliphatic carbocycles. The summed E-state index contributed by atoms with van der Waals surface area (Å²) in [5.74, 6) is -1.00. The van der Waals surface area contributed by atoms with Gasteiger partial charge in [0.05, 0.1) is 12.6 Å². The van der Waals surface area contributed by atoms with Gasteiger partial charge in [0.15, 0.2) is 5.69 Å². The third kappa shape index (κ3) is 4.34. The lowest BCUT2D eigenvalue weighted by atomic mass is 10.0. The minimum absolute atomic E-state index is 0.309. The number of carbonyl (C=O) groups is 1. The van der Waals surface area contributed by atoms with Crippen molar-refractivity contribution < 1.29 is 9.90 Å². The summed E-state index contributed by atoms with van der Waals surface area (Å²) in [6.07, 6.45) is 1.54. The maximum atomic E-state index is 11.1. The highest BCUT2D eigenvalue weighted by Gasteiger charge is 2.23. The number of rotatable bonds is 7. The van der Waals surface area contributed by atoms with Crippen LogP contribution < -0.4 is 11.1 Å². The minimum atomic E-state index is -1.00. The van der Waals surface area contributed by atoms with Gasteiger partial charge in [-0.25, -0.2) is 4.85 Å². The standard InChI is InChI=1S/C19H21N3O2/c1-3-4-17(18(20)19(23)24)22-16-11-7-14(8-12-16)13-5-9-15(21-2)10-6-13/h5-12,17-18,22H,3-4,20H2,1H3,(H,23,24). The largest absolute Gasteiger partial charge is 0.480 e. The molecule has 0 heterocycles. The summed E-state index contributed by atoms with van der Waals surface area (Å²) in [5, 5.41) is 12.3. The van der Waals surface area contributed by atoms with E-state index in [1.165, 1.54) is 0 Å².